The van der Waals surface area contributed by atoms with Crippen LogP contribution < -0.4 is 0 Å². The third kappa shape index (κ3) is 1.50. The minimum Gasteiger partial charge on any atom is -0.381 e. The summed E-state index contributed by atoms with van der Waals surface area (Å²) in [5.74, 6) is 0. The van der Waals surface area contributed by atoms with Crippen LogP contribution >= 0.6 is 0 Å². The van der Waals surface area contributed by atoms with E-state index >= 15 is 0 Å². The molecule has 70 valence electrons. The molecule has 2 saturated heterocycles. The molecule has 0 N–H and O–H groups in total. The van der Waals surface area contributed by atoms with E-state index in [2.05, 4.69) is 11.8 Å². The monoisotopic (exact) mass is 169 g/mol. The molecule has 2 heteroatoms. The fraction of sp³-hybridized carbons (Fsp3) is 1.00. The van der Waals surface area contributed by atoms with Gasteiger partial charge in [0.15, 0.2) is 0 Å². The van der Waals surface area contributed by atoms with E-state index in [1.54, 1.807) is 0 Å². The summed E-state index contributed by atoms with van der Waals surface area (Å²) in [5.41, 5.74) is 0.550. The molecule has 1 spiro atoms. The summed E-state index contributed by atoms with van der Waals surface area (Å²) in [6.07, 6.45) is 4.06. The van der Waals surface area contributed by atoms with Gasteiger partial charge in [0.05, 0.1) is 6.61 Å². The smallest absolute Gasteiger partial charge is 0.0535 e. The highest BCUT2D eigenvalue weighted by Crippen LogP contribution is 2.37. The van der Waals surface area contributed by atoms with Gasteiger partial charge in [0.2, 0.25) is 0 Å². The Kier molecular flexibility index (Phi) is 2.37. The number of nitrogens with zero attached hydrogens (tertiary/aromatic N) is 1. The fourth-order valence-electron chi connectivity index (χ4n) is 2.55. The first-order valence-electron chi connectivity index (χ1n) is 5.15. The van der Waals surface area contributed by atoms with Gasteiger partial charge in [0.1, 0.15) is 0 Å². The molecule has 0 radical (unpaired) electrons. The van der Waals surface area contributed by atoms with Crippen LogP contribution in [0.1, 0.15) is 26.2 Å². The summed E-state index contributed by atoms with van der Waals surface area (Å²) in [6, 6.07) is 0. The number of hydrogen-bond acceptors (Lipinski definition) is 2. The Morgan fingerprint density at radius 2 is 2.33 bits per heavy atom. The number of rotatable bonds is 1. The van der Waals surface area contributed by atoms with Gasteiger partial charge in [0.25, 0.3) is 0 Å². The van der Waals surface area contributed by atoms with Crippen molar-refractivity contribution in [2.24, 2.45) is 5.41 Å². The van der Waals surface area contributed by atoms with Crippen LogP contribution in [0.4, 0.5) is 0 Å². The van der Waals surface area contributed by atoms with Gasteiger partial charge < -0.3 is 9.64 Å². The van der Waals surface area contributed by atoms with Crippen LogP contribution in [-0.4, -0.2) is 37.7 Å². The van der Waals surface area contributed by atoms with Gasteiger partial charge in [-0.05, 0) is 32.4 Å². The summed E-state index contributed by atoms with van der Waals surface area (Å²) < 4.78 is 5.50. The highest BCUT2D eigenvalue weighted by atomic mass is 16.5. The zero-order valence-electron chi connectivity index (χ0n) is 8.01. The lowest BCUT2D eigenvalue weighted by atomic mass is 9.79. The average Bonchev–Trinajstić information content (AvgIpc) is 2.53. The van der Waals surface area contributed by atoms with E-state index in [0.717, 1.165) is 13.2 Å². The minimum absolute atomic E-state index is 0.550. The molecule has 2 nitrogen and oxygen atoms in total. The Balaban J connectivity index is 1.97. The van der Waals surface area contributed by atoms with Crippen molar-refractivity contribution in [2.45, 2.75) is 26.2 Å². The van der Waals surface area contributed by atoms with Crippen molar-refractivity contribution >= 4 is 0 Å². The van der Waals surface area contributed by atoms with Gasteiger partial charge in [-0.2, -0.15) is 0 Å². The zero-order chi connectivity index (χ0) is 8.44. The molecule has 0 aromatic heterocycles. The molecule has 2 aliphatic heterocycles. The third-order valence-electron chi connectivity index (χ3n) is 3.37. The predicted molar refractivity (Wildman–Crippen MR) is 49.2 cm³/mol. The van der Waals surface area contributed by atoms with Crippen LogP contribution in [-0.2, 0) is 4.74 Å². The molecule has 0 aliphatic carbocycles. The first-order chi connectivity index (χ1) is 5.85. The second-order valence-corrected chi connectivity index (χ2v) is 4.27. The minimum atomic E-state index is 0.550. The Morgan fingerprint density at radius 3 is 3.00 bits per heavy atom. The second-order valence-electron chi connectivity index (χ2n) is 4.27. The molecule has 0 amide bonds. The van der Waals surface area contributed by atoms with Crippen LogP contribution in [0.2, 0.25) is 0 Å². The van der Waals surface area contributed by atoms with Gasteiger partial charge in [-0.1, -0.05) is 6.92 Å². The van der Waals surface area contributed by atoms with Crippen molar-refractivity contribution in [3.63, 3.8) is 0 Å². The lowest BCUT2D eigenvalue weighted by Crippen LogP contribution is -2.43. The molecular formula is C10H19NO. The maximum absolute atomic E-state index is 5.50. The van der Waals surface area contributed by atoms with Crippen molar-refractivity contribution in [2.75, 3.05) is 32.8 Å². The Hall–Kier alpha value is -0.0800. The molecule has 2 aliphatic rings. The van der Waals surface area contributed by atoms with E-state index in [4.69, 9.17) is 4.74 Å². The standard InChI is InChI=1S/C10H19NO/c1-2-11-6-3-4-10(8-11)5-7-12-9-10/h2-9H2,1H3. The van der Waals surface area contributed by atoms with Gasteiger partial charge in [0, 0.05) is 18.6 Å². The van der Waals surface area contributed by atoms with Crippen LogP contribution in [0.5, 0.6) is 0 Å². The van der Waals surface area contributed by atoms with Crippen molar-refractivity contribution in [1.29, 1.82) is 0 Å². The first-order valence-corrected chi connectivity index (χ1v) is 5.15. The van der Waals surface area contributed by atoms with E-state index < -0.39 is 0 Å². The van der Waals surface area contributed by atoms with E-state index in [9.17, 15) is 0 Å². The van der Waals surface area contributed by atoms with Crippen molar-refractivity contribution < 1.29 is 4.74 Å². The lowest BCUT2D eigenvalue weighted by molar-refractivity contribution is 0.0716. The Bertz CT molecular complexity index is 152. The summed E-state index contributed by atoms with van der Waals surface area (Å²) >= 11 is 0. The van der Waals surface area contributed by atoms with E-state index in [1.165, 1.54) is 38.9 Å². The molecule has 0 saturated carbocycles. The van der Waals surface area contributed by atoms with Gasteiger partial charge in [-0.25, -0.2) is 0 Å². The summed E-state index contributed by atoms with van der Waals surface area (Å²) in [6.45, 7) is 8.07. The van der Waals surface area contributed by atoms with Gasteiger partial charge in [-0.15, -0.1) is 0 Å². The van der Waals surface area contributed by atoms with E-state index in [-0.39, 0.29) is 0 Å². The molecule has 0 aromatic rings. The highest BCUT2D eigenvalue weighted by Gasteiger charge is 2.38. The summed E-state index contributed by atoms with van der Waals surface area (Å²) in [4.78, 5) is 2.57. The average molecular weight is 169 g/mol. The predicted octanol–water partition coefficient (Wildman–Crippen LogP) is 1.51. The molecule has 1 unspecified atom stereocenters. The van der Waals surface area contributed by atoms with Crippen LogP contribution in [0.3, 0.4) is 0 Å². The number of likely N-dealkylation sites (tertiary alicyclic amines) is 1. The summed E-state index contributed by atoms with van der Waals surface area (Å²) in [5, 5.41) is 0. The quantitative estimate of drug-likeness (QED) is 0.590. The number of hydrogen-bond donors (Lipinski definition) is 0. The topological polar surface area (TPSA) is 12.5 Å². The molecule has 1 atom stereocenters. The van der Waals surface area contributed by atoms with Crippen molar-refractivity contribution in [3.8, 4) is 0 Å². The lowest BCUT2D eigenvalue weighted by Gasteiger charge is -2.38. The normalized spacial score (nSPS) is 37.8. The Labute approximate surface area is 74.9 Å². The number of piperidine rings is 1. The molecule has 0 bridgehead atoms. The number of ether oxygens (including phenoxy) is 1. The fourth-order valence-corrected chi connectivity index (χ4v) is 2.55. The molecule has 2 rings (SSSR count). The second kappa shape index (κ2) is 3.35. The first kappa shape index (κ1) is 8.52. The Morgan fingerprint density at radius 1 is 1.42 bits per heavy atom. The van der Waals surface area contributed by atoms with Crippen LogP contribution in [0, 0.1) is 5.41 Å². The molecule has 2 fully saturated rings. The molecular weight excluding hydrogens is 150 g/mol. The highest BCUT2D eigenvalue weighted by molar-refractivity contribution is 4.89. The SMILES string of the molecule is CCN1CCCC2(CCOC2)C1. The molecule has 2 heterocycles. The van der Waals surface area contributed by atoms with Gasteiger partial charge in [-0.3, -0.25) is 0 Å². The largest absolute Gasteiger partial charge is 0.381 e. The maximum Gasteiger partial charge on any atom is 0.0535 e. The van der Waals surface area contributed by atoms with E-state index in [0.29, 0.717) is 5.41 Å². The van der Waals surface area contributed by atoms with Gasteiger partial charge >= 0.3 is 0 Å². The van der Waals surface area contributed by atoms with Crippen molar-refractivity contribution in [3.05, 3.63) is 0 Å². The van der Waals surface area contributed by atoms with E-state index in [1.807, 2.05) is 0 Å². The molecule has 0 aromatic carbocycles. The van der Waals surface area contributed by atoms with Crippen LogP contribution in [0.15, 0.2) is 0 Å². The maximum atomic E-state index is 5.50. The third-order valence-corrected chi connectivity index (χ3v) is 3.37. The zero-order valence-corrected chi connectivity index (χ0v) is 8.01. The summed E-state index contributed by atoms with van der Waals surface area (Å²) in [7, 11) is 0. The van der Waals surface area contributed by atoms with Crippen LogP contribution in [0.25, 0.3) is 0 Å². The molecule has 12 heavy (non-hydrogen) atoms. The van der Waals surface area contributed by atoms with Crippen molar-refractivity contribution in [1.82, 2.24) is 4.90 Å².